The van der Waals surface area contributed by atoms with Gasteiger partial charge in [0.25, 0.3) is 0 Å². The molecule has 0 bridgehead atoms. The van der Waals surface area contributed by atoms with E-state index in [1.807, 2.05) is 4.90 Å². The fourth-order valence-corrected chi connectivity index (χ4v) is 3.53. The predicted octanol–water partition coefficient (Wildman–Crippen LogP) is 1.88. The molecule has 1 heterocycles. The monoisotopic (exact) mass is 281 g/mol. The Morgan fingerprint density at radius 2 is 1.75 bits per heavy atom. The van der Waals surface area contributed by atoms with Gasteiger partial charge in [0.1, 0.15) is 0 Å². The zero-order chi connectivity index (χ0) is 14.4. The molecule has 3 amide bonds. The largest absolute Gasteiger partial charge is 0.356 e. The second-order valence-electron chi connectivity index (χ2n) is 6.02. The van der Waals surface area contributed by atoms with E-state index in [1.54, 1.807) is 0 Å². The molecule has 2 N–H and O–H groups in total. The molecule has 0 aromatic rings. The topological polar surface area (TPSA) is 61.4 Å². The Bertz CT molecular complexity index is 340. The summed E-state index contributed by atoms with van der Waals surface area (Å²) < 4.78 is 0. The van der Waals surface area contributed by atoms with Crippen molar-refractivity contribution in [2.75, 3.05) is 19.6 Å². The lowest BCUT2D eigenvalue weighted by molar-refractivity contribution is -0.118. The third kappa shape index (κ3) is 4.12. The summed E-state index contributed by atoms with van der Waals surface area (Å²) in [6, 6.07) is 0.551. The Morgan fingerprint density at radius 3 is 2.45 bits per heavy atom. The lowest BCUT2D eigenvalue weighted by Crippen LogP contribution is -2.45. The highest BCUT2D eigenvalue weighted by atomic mass is 16.2. The molecule has 20 heavy (non-hydrogen) atoms. The van der Waals surface area contributed by atoms with E-state index in [0.29, 0.717) is 19.1 Å². The molecule has 1 saturated heterocycles. The van der Waals surface area contributed by atoms with Gasteiger partial charge in [0, 0.05) is 32.6 Å². The molecule has 1 unspecified atom stereocenters. The van der Waals surface area contributed by atoms with Gasteiger partial charge >= 0.3 is 6.03 Å². The van der Waals surface area contributed by atoms with Crippen LogP contribution in [0.5, 0.6) is 0 Å². The van der Waals surface area contributed by atoms with Gasteiger partial charge in [-0.3, -0.25) is 4.79 Å². The van der Waals surface area contributed by atoms with Crippen LogP contribution in [0.2, 0.25) is 0 Å². The van der Waals surface area contributed by atoms with E-state index in [2.05, 4.69) is 10.6 Å². The van der Waals surface area contributed by atoms with E-state index in [9.17, 15) is 9.59 Å². The number of hydrogen-bond donors (Lipinski definition) is 2. The molecule has 0 radical (unpaired) electrons. The van der Waals surface area contributed by atoms with Crippen LogP contribution in [-0.4, -0.2) is 42.5 Å². The van der Waals surface area contributed by atoms with Gasteiger partial charge in [-0.2, -0.15) is 0 Å². The van der Waals surface area contributed by atoms with Crippen molar-refractivity contribution < 1.29 is 9.59 Å². The zero-order valence-corrected chi connectivity index (χ0v) is 12.5. The highest BCUT2D eigenvalue weighted by Crippen LogP contribution is 2.35. The van der Waals surface area contributed by atoms with Crippen molar-refractivity contribution >= 4 is 11.9 Å². The minimum absolute atomic E-state index is 0.0165. The van der Waals surface area contributed by atoms with Crippen LogP contribution in [0.3, 0.4) is 0 Å². The molecular formula is C15H27N3O2. The molecule has 1 aliphatic carbocycles. The predicted molar refractivity (Wildman–Crippen MR) is 78.4 cm³/mol. The summed E-state index contributed by atoms with van der Waals surface area (Å²) >= 11 is 0. The summed E-state index contributed by atoms with van der Waals surface area (Å²) in [5.41, 5.74) is 0. The summed E-state index contributed by atoms with van der Waals surface area (Å²) in [7, 11) is 0. The number of amides is 3. The quantitative estimate of drug-likeness (QED) is 0.756. The van der Waals surface area contributed by atoms with Gasteiger partial charge in [-0.05, 0) is 38.0 Å². The number of carbonyl (C=O) groups is 2. The number of nitrogens with zero attached hydrogens (tertiary/aromatic N) is 1. The number of hydrogen-bond acceptors (Lipinski definition) is 2. The second-order valence-corrected chi connectivity index (χ2v) is 6.02. The summed E-state index contributed by atoms with van der Waals surface area (Å²) in [5.74, 6) is 0.708. The minimum Gasteiger partial charge on any atom is -0.356 e. The van der Waals surface area contributed by atoms with Crippen molar-refractivity contribution in [2.24, 2.45) is 5.92 Å². The summed E-state index contributed by atoms with van der Waals surface area (Å²) in [4.78, 5) is 25.0. The summed E-state index contributed by atoms with van der Waals surface area (Å²) in [6.45, 7) is 3.67. The van der Waals surface area contributed by atoms with E-state index in [1.165, 1.54) is 39.0 Å². The maximum Gasteiger partial charge on any atom is 0.317 e. The van der Waals surface area contributed by atoms with Crippen LogP contribution in [0, 0.1) is 5.92 Å². The highest BCUT2D eigenvalue weighted by molar-refractivity contribution is 5.75. The fourth-order valence-electron chi connectivity index (χ4n) is 3.53. The lowest BCUT2D eigenvalue weighted by Gasteiger charge is -2.29. The first-order chi connectivity index (χ1) is 9.68. The number of likely N-dealkylation sites (tertiary alicyclic amines) is 1. The molecule has 2 fully saturated rings. The molecule has 2 aliphatic rings. The van der Waals surface area contributed by atoms with E-state index >= 15 is 0 Å². The van der Waals surface area contributed by atoms with Crippen molar-refractivity contribution in [3.8, 4) is 0 Å². The smallest absolute Gasteiger partial charge is 0.317 e. The van der Waals surface area contributed by atoms with Gasteiger partial charge in [0.2, 0.25) is 5.91 Å². The molecule has 114 valence electrons. The van der Waals surface area contributed by atoms with Gasteiger partial charge in [-0.15, -0.1) is 0 Å². The van der Waals surface area contributed by atoms with Crippen LogP contribution in [0.4, 0.5) is 4.79 Å². The molecule has 1 saturated carbocycles. The van der Waals surface area contributed by atoms with Crippen molar-refractivity contribution in [1.29, 1.82) is 0 Å². The van der Waals surface area contributed by atoms with Crippen molar-refractivity contribution in [3.05, 3.63) is 0 Å². The maximum absolute atomic E-state index is 12.2. The maximum atomic E-state index is 12.2. The van der Waals surface area contributed by atoms with Gasteiger partial charge in [0.15, 0.2) is 0 Å². The molecule has 0 aromatic heterocycles. The van der Waals surface area contributed by atoms with Crippen LogP contribution in [-0.2, 0) is 4.79 Å². The molecule has 5 heteroatoms. The van der Waals surface area contributed by atoms with Crippen LogP contribution >= 0.6 is 0 Å². The summed E-state index contributed by atoms with van der Waals surface area (Å²) in [6.07, 6.45) is 8.33. The first kappa shape index (κ1) is 15.1. The Hall–Kier alpha value is -1.26. The average molecular weight is 281 g/mol. The third-order valence-electron chi connectivity index (χ3n) is 4.51. The molecule has 5 nitrogen and oxygen atoms in total. The van der Waals surface area contributed by atoms with Crippen LogP contribution in [0.25, 0.3) is 0 Å². The molecule has 1 atom stereocenters. The van der Waals surface area contributed by atoms with Gasteiger partial charge in [-0.1, -0.05) is 12.8 Å². The average Bonchev–Trinajstić information content (AvgIpc) is 3.08. The first-order valence-electron chi connectivity index (χ1n) is 7.97. The number of urea groups is 1. The first-order valence-corrected chi connectivity index (χ1v) is 7.97. The standard InChI is InChI=1S/C15H27N3O2/c1-12(19)16-9-5-10-17-15(20)18-11-4-8-14(18)13-6-2-3-7-13/h13-14H,2-11H2,1H3,(H,16,19)(H,17,20). The van der Waals surface area contributed by atoms with Crippen molar-refractivity contribution in [1.82, 2.24) is 15.5 Å². The second kappa shape index (κ2) is 7.50. The Morgan fingerprint density at radius 1 is 1.05 bits per heavy atom. The molecular weight excluding hydrogens is 254 g/mol. The number of carbonyl (C=O) groups excluding carboxylic acids is 2. The van der Waals surface area contributed by atoms with Crippen LogP contribution < -0.4 is 10.6 Å². The van der Waals surface area contributed by atoms with E-state index in [4.69, 9.17) is 0 Å². The van der Waals surface area contributed by atoms with Crippen LogP contribution in [0.15, 0.2) is 0 Å². The Labute approximate surface area is 121 Å². The van der Waals surface area contributed by atoms with E-state index in [0.717, 1.165) is 25.3 Å². The molecule has 0 aromatic carbocycles. The molecule has 1 aliphatic heterocycles. The molecule has 0 spiro atoms. The lowest BCUT2D eigenvalue weighted by atomic mass is 9.96. The summed E-state index contributed by atoms with van der Waals surface area (Å²) in [5, 5.41) is 5.73. The third-order valence-corrected chi connectivity index (χ3v) is 4.51. The number of rotatable bonds is 5. The number of nitrogens with one attached hydrogen (secondary N) is 2. The minimum atomic E-state index is -0.0165. The van der Waals surface area contributed by atoms with Gasteiger partial charge in [0.05, 0.1) is 0 Å². The fraction of sp³-hybridized carbons (Fsp3) is 0.867. The SMILES string of the molecule is CC(=O)NCCCNC(=O)N1CCCC1C1CCCC1. The Balaban J connectivity index is 1.69. The highest BCUT2D eigenvalue weighted by Gasteiger charge is 2.35. The van der Waals surface area contributed by atoms with E-state index in [-0.39, 0.29) is 11.9 Å². The van der Waals surface area contributed by atoms with E-state index < -0.39 is 0 Å². The van der Waals surface area contributed by atoms with Gasteiger partial charge < -0.3 is 15.5 Å². The molecule has 2 rings (SSSR count). The Kier molecular flexibility index (Phi) is 5.68. The van der Waals surface area contributed by atoms with Crippen molar-refractivity contribution in [3.63, 3.8) is 0 Å². The van der Waals surface area contributed by atoms with Gasteiger partial charge in [-0.25, -0.2) is 4.79 Å². The normalized spacial score (nSPS) is 23.1. The van der Waals surface area contributed by atoms with Crippen molar-refractivity contribution in [2.45, 2.75) is 57.9 Å². The zero-order valence-electron chi connectivity index (χ0n) is 12.5. The van der Waals surface area contributed by atoms with Crippen LogP contribution in [0.1, 0.15) is 51.9 Å².